The van der Waals surface area contributed by atoms with Gasteiger partial charge >= 0.3 is 0 Å². The van der Waals surface area contributed by atoms with Crippen LogP contribution in [0.4, 0.5) is 11.4 Å². The van der Waals surface area contributed by atoms with Gasteiger partial charge in [0.15, 0.2) is 0 Å². The van der Waals surface area contributed by atoms with Crippen molar-refractivity contribution in [1.29, 1.82) is 0 Å². The lowest BCUT2D eigenvalue weighted by atomic mass is 10.2. The lowest BCUT2D eigenvalue weighted by Gasteiger charge is -2.19. The quantitative estimate of drug-likeness (QED) is 0.916. The molecule has 1 fully saturated rings. The predicted molar refractivity (Wildman–Crippen MR) is 90.6 cm³/mol. The van der Waals surface area contributed by atoms with Crippen molar-refractivity contribution < 1.29 is 9.53 Å². The van der Waals surface area contributed by atoms with Gasteiger partial charge in [-0.15, -0.1) is 5.10 Å². The van der Waals surface area contributed by atoms with E-state index in [1.54, 1.807) is 48.1 Å². The number of anilines is 2. The molecule has 1 aliphatic heterocycles. The second-order valence-corrected chi connectivity index (χ2v) is 6.14. The lowest BCUT2D eigenvalue weighted by molar-refractivity contribution is -0.117. The molecular weight excluding hydrogens is 339 g/mol. The van der Waals surface area contributed by atoms with Gasteiger partial charge in [-0.2, -0.15) is 0 Å². The summed E-state index contributed by atoms with van der Waals surface area (Å²) in [5.41, 5.74) is 1.36. The summed E-state index contributed by atoms with van der Waals surface area (Å²) in [5.74, 6) is 0.420. The van der Waals surface area contributed by atoms with Gasteiger partial charge in [-0.3, -0.25) is 9.48 Å². The molecule has 0 aliphatic carbocycles. The van der Waals surface area contributed by atoms with Crippen LogP contribution in [0.15, 0.2) is 24.4 Å². The van der Waals surface area contributed by atoms with Gasteiger partial charge in [0.1, 0.15) is 11.7 Å². The summed E-state index contributed by atoms with van der Waals surface area (Å²) in [6.45, 7) is 0.584. The molecule has 122 valence electrons. The van der Waals surface area contributed by atoms with E-state index < -0.39 is 0 Å². The molecular formula is C15H16Cl2N4O2. The van der Waals surface area contributed by atoms with E-state index in [9.17, 15) is 4.79 Å². The Bertz CT molecular complexity index is 747. The largest absolute Gasteiger partial charge is 0.478 e. The van der Waals surface area contributed by atoms with Gasteiger partial charge in [0.25, 0.3) is 5.88 Å². The molecule has 1 aromatic heterocycles. The van der Waals surface area contributed by atoms with Gasteiger partial charge in [-0.1, -0.05) is 23.2 Å². The number of halogens is 2. The summed E-state index contributed by atoms with van der Waals surface area (Å²) in [5, 5.41) is 8.37. The number of hydrogen-bond acceptors (Lipinski definition) is 4. The molecule has 1 atom stereocenters. The van der Waals surface area contributed by atoms with Gasteiger partial charge in [0, 0.05) is 18.6 Å². The first-order chi connectivity index (χ1) is 11.0. The highest BCUT2D eigenvalue weighted by molar-refractivity contribution is 6.36. The van der Waals surface area contributed by atoms with Crippen molar-refractivity contribution in [3.05, 3.63) is 34.4 Å². The number of amides is 1. The Morgan fingerprint density at radius 3 is 2.87 bits per heavy atom. The number of aromatic nitrogens is 2. The Balaban J connectivity index is 1.78. The summed E-state index contributed by atoms with van der Waals surface area (Å²) >= 11 is 12.1. The molecule has 1 aliphatic rings. The average molecular weight is 355 g/mol. The standard InChI is InChI=1S/C15H16Cl2N4O2/c1-20-8-12(14(19-20)23-2)18-11-5-6-21(15(11)22)13-4-3-9(16)7-10(13)17/h3-4,7-8,11,18H,5-6H2,1-2H3. The fourth-order valence-corrected chi connectivity index (χ4v) is 3.17. The summed E-state index contributed by atoms with van der Waals surface area (Å²) in [4.78, 5) is 14.3. The SMILES string of the molecule is COc1nn(C)cc1NC1CCN(c2ccc(Cl)cc2Cl)C1=O. The fraction of sp³-hybridized carbons (Fsp3) is 0.333. The van der Waals surface area contributed by atoms with E-state index in [1.165, 1.54) is 0 Å². The van der Waals surface area contributed by atoms with Crippen molar-refractivity contribution in [1.82, 2.24) is 9.78 Å². The van der Waals surface area contributed by atoms with Crippen LogP contribution in [-0.4, -0.2) is 35.4 Å². The summed E-state index contributed by atoms with van der Waals surface area (Å²) in [7, 11) is 3.34. The molecule has 1 unspecified atom stereocenters. The average Bonchev–Trinajstić information content (AvgIpc) is 3.03. The first-order valence-corrected chi connectivity index (χ1v) is 7.86. The zero-order chi connectivity index (χ0) is 16.6. The normalized spacial score (nSPS) is 17.7. The maximum atomic E-state index is 12.7. The second kappa shape index (κ2) is 6.29. The number of carbonyl (C=O) groups excluding carboxylic acids is 1. The van der Waals surface area contributed by atoms with Crippen LogP contribution in [0.5, 0.6) is 5.88 Å². The fourth-order valence-electron chi connectivity index (χ4n) is 2.66. The van der Waals surface area contributed by atoms with Gasteiger partial charge in [0.05, 0.1) is 24.0 Å². The highest BCUT2D eigenvalue weighted by Crippen LogP contribution is 2.33. The van der Waals surface area contributed by atoms with Crippen molar-refractivity contribution in [2.75, 3.05) is 23.9 Å². The topological polar surface area (TPSA) is 59.4 Å². The minimum Gasteiger partial charge on any atom is -0.478 e. The number of hydrogen-bond donors (Lipinski definition) is 1. The van der Waals surface area contributed by atoms with Crippen LogP contribution in [0.2, 0.25) is 10.0 Å². The van der Waals surface area contributed by atoms with Crippen molar-refractivity contribution in [2.24, 2.45) is 7.05 Å². The van der Waals surface area contributed by atoms with Gasteiger partial charge in [-0.05, 0) is 24.6 Å². The molecule has 6 nitrogen and oxygen atoms in total. The van der Waals surface area contributed by atoms with E-state index in [0.29, 0.717) is 40.3 Å². The van der Waals surface area contributed by atoms with E-state index in [-0.39, 0.29) is 11.9 Å². The van der Waals surface area contributed by atoms with Crippen LogP contribution in [0.25, 0.3) is 0 Å². The number of nitrogens with zero attached hydrogens (tertiary/aromatic N) is 3. The van der Waals surface area contributed by atoms with Gasteiger partial charge in [0.2, 0.25) is 5.91 Å². The smallest absolute Gasteiger partial charge is 0.256 e. The van der Waals surface area contributed by atoms with Crippen LogP contribution in [-0.2, 0) is 11.8 Å². The first-order valence-electron chi connectivity index (χ1n) is 7.10. The van der Waals surface area contributed by atoms with Crippen LogP contribution >= 0.6 is 23.2 Å². The zero-order valence-electron chi connectivity index (χ0n) is 12.7. The molecule has 23 heavy (non-hydrogen) atoms. The van der Waals surface area contributed by atoms with Gasteiger partial charge < -0.3 is 15.0 Å². The Kier molecular flexibility index (Phi) is 4.37. The molecule has 3 rings (SSSR count). The molecule has 1 aromatic carbocycles. The molecule has 1 saturated heterocycles. The Hall–Kier alpha value is -1.92. The highest BCUT2D eigenvalue weighted by atomic mass is 35.5. The van der Waals surface area contributed by atoms with Crippen molar-refractivity contribution in [3.8, 4) is 5.88 Å². The molecule has 8 heteroatoms. The van der Waals surface area contributed by atoms with E-state index in [0.717, 1.165) is 0 Å². The minimum absolute atomic E-state index is 0.0415. The molecule has 0 radical (unpaired) electrons. The van der Waals surface area contributed by atoms with Crippen molar-refractivity contribution in [2.45, 2.75) is 12.5 Å². The number of rotatable bonds is 4. The maximum Gasteiger partial charge on any atom is 0.256 e. The van der Waals surface area contributed by atoms with Crippen LogP contribution in [0, 0.1) is 0 Å². The summed E-state index contributed by atoms with van der Waals surface area (Å²) in [6, 6.07) is 4.77. The number of methoxy groups -OCH3 is 1. The highest BCUT2D eigenvalue weighted by Gasteiger charge is 2.34. The van der Waals surface area contributed by atoms with E-state index in [4.69, 9.17) is 27.9 Å². The van der Waals surface area contributed by atoms with Crippen LogP contribution in [0.1, 0.15) is 6.42 Å². The van der Waals surface area contributed by atoms with Crippen LogP contribution in [0.3, 0.4) is 0 Å². The minimum atomic E-state index is -0.347. The van der Waals surface area contributed by atoms with Crippen LogP contribution < -0.4 is 15.0 Å². The maximum absolute atomic E-state index is 12.7. The molecule has 1 N–H and O–H groups in total. The van der Waals surface area contributed by atoms with E-state index >= 15 is 0 Å². The number of benzene rings is 1. The molecule has 0 saturated carbocycles. The first kappa shape index (κ1) is 16.0. The summed E-state index contributed by atoms with van der Waals surface area (Å²) < 4.78 is 6.83. The lowest BCUT2D eigenvalue weighted by Crippen LogP contribution is -2.33. The Morgan fingerprint density at radius 1 is 1.39 bits per heavy atom. The zero-order valence-corrected chi connectivity index (χ0v) is 14.2. The number of aryl methyl sites for hydroxylation is 1. The van der Waals surface area contributed by atoms with Crippen molar-refractivity contribution >= 4 is 40.5 Å². The van der Waals surface area contributed by atoms with E-state index in [2.05, 4.69) is 10.4 Å². The molecule has 0 bridgehead atoms. The molecule has 0 spiro atoms. The predicted octanol–water partition coefficient (Wildman–Crippen LogP) is 2.95. The molecule has 2 heterocycles. The third-order valence-corrected chi connectivity index (χ3v) is 4.26. The number of ether oxygens (including phenoxy) is 1. The monoisotopic (exact) mass is 354 g/mol. The number of carbonyl (C=O) groups is 1. The third-order valence-electron chi connectivity index (χ3n) is 3.72. The number of nitrogens with one attached hydrogen (secondary N) is 1. The second-order valence-electron chi connectivity index (χ2n) is 5.30. The van der Waals surface area contributed by atoms with Crippen molar-refractivity contribution in [3.63, 3.8) is 0 Å². The van der Waals surface area contributed by atoms with E-state index in [1.807, 2.05) is 0 Å². The van der Waals surface area contributed by atoms with Gasteiger partial charge in [-0.25, -0.2) is 0 Å². The molecule has 2 aromatic rings. The Labute approximate surface area is 143 Å². The molecule has 1 amide bonds. The summed E-state index contributed by atoms with van der Waals surface area (Å²) in [6.07, 6.45) is 2.44. The Morgan fingerprint density at radius 2 is 2.17 bits per heavy atom. The third kappa shape index (κ3) is 3.09.